The van der Waals surface area contributed by atoms with E-state index in [1.807, 2.05) is 0 Å². The molecule has 7 nitrogen and oxygen atoms in total. The van der Waals surface area contributed by atoms with Gasteiger partial charge in [0.15, 0.2) is 5.92 Å². The molecule has 0 N–H and O–H groups in total. The molecule has 1 heterocycles. The lowest BCUT2D eigenvalue weighted by Crippen LogP contribution is -2.28. The largest absolute Gasteiger partial charge is 0.497 e. The highest BCUT2D eigenvalue weighted by molar-refractivity contribution is 6.08. The third-order valence-electron chi connectivity index (χ3n) is 4.04. The summed E-state index contributed by atoms with van der Waals surface area (Å²) in [4.78, 5) is 36.2. The predicted molar refractivity (Wildman–Crippen MR) is 93.0 cm³/mol. The summed E-state index contributed by atoms with van der Waals surface area (Å²) in [5, 5.41) is 0. The van der Waals surface area contributed by atoms with Crippen LogP contribution in [0.15, 0.2) is 42.6 Å². The predicted octanol–water partition coefficient (Wildman–Crippen LogP) is 2.08. The lowest BCUT2D eigenvalue weighted by Gasteiger charge is -2.14. The SMILES string of the molecule is COC(=O)C(CCn1cccc1C(=O)c1ccc(OC)cc1)C(=O)OC. The van der Waals surface area contributed by atoms with Crippen molar-refractivity contribution in [3.63, 3.8) is 0 Å². The Morgan fingerprint density at radius 3 is 2.12 bits per heavy atom. The first kappa shape index (κ1) is 19.2. The van der Waals surface area contributed by atoms with Crippen LogP contribution >= 0.6 is 0 Å². The van der Waals surface area contributed by atoms with Gasteiger partial charge in [-0.1, -0.05) is 0 Å². The molecule has 2 aromatic rings. The summed E-state index contributed by atoms with van der Waals surface area (Å²) in [6.45, 7) is 0.291. The number of ether oxygens (including phenoxy) is 3. The zero-order valence-electron chi connectivity index (χ0n) is 14.9. The van der Waals surface area contributed by atoms with Crippen molar-refractivity contribution in [1.29, 1.82) is 0 Å². The van der Waals surface area contributed by atoms with Crippen LogP contribution in [0, 0.1) is 5.92 Å². The van der Waals surface area contributed by atoms with E-state index in [2.05, 4.69) is 9.47 Å². The van der Waals surface area contributed by atoms with E-state index in [1.54, 1.807) is 54.3 Å². The molecule has 1 aromatic carbocycles. The molecule has 1 aromatic heterocycles. The van der Waals surface area contributed by atoms with Crippen LogP contribution in [0.2, 0.25) is 0 Å². The molecule has 0 aliphatic carbocycles. The van der Waals surface area contributed by atoms with Gasteiger partial charge in [-0.2, -0.15) is 0 Å². The normalized spacial score (nSPS) is 10.5. The van der Waals surface area contributed by atoms with Gasteiger partial charge in [0.25, 0.3) is 0 Å². The van der Waals surface area contributed by atoms with Crippen molar-refractivity contribution in [2.24, 2.45) is 5.92 Å². The molecule has 26 heavy (non-hydrogen) atoms. The zero-order chi connectivity index (χ0) is 19.1. The first-order valence-corrected chi connectivity index (χ1v) is 8.01. The van der Waals surface area contributed by atoms with Crippen LogP contribution < -0.4 is 4.74 Å². The molecule has 0 unspecified atom stereocenters. The van der Waals surface area contributed by atoms with Crippen molar-refractivity contribution >= 4 is 17.7 Å². The van der Waals surface area contributed by atoms with Crippen LogP contribution in [0.3, 0.4) is 0 Å². The van der Waals surface area contributed by atoms with Crippen LogP contribution in [0.4, 0.5) is 0 Å². The smallest absolute Gasteiger partial charge is 0.320 e. The topological polar surface area (TPSA) is 83.8 Å². The third kappa shape index (κ3) is 4.30. The molecule has 0 radical (unpaired) electrons. The average Bonchev–Trinajstić information content (AvgIpc) is 3.15. The lowest BCUT2D eigenvalue weighted by molar-refractivity contribution is -0.159. The van der Waals surface area contributed by atoms with Crippen molar-refractivity contribution < 1.29 is 28.6 Å². The highest BCUT2D eigenvalue weighted by Gasteiger charge is 2.28. The van der Waals surface area contributed by atoms with Gasteiger partial charge in [0.1, 0.15) is 5.75 Å². The maximum atomic E-state index is 12.7. The molecule has 138 valence electrons. The minimum atomic E-state index is -1.03. The van der Waals surface area contributed by atoms with E-state index in [1.165, 1.54) is 14.2 Å². The van der Waals surface area contributed by atoms with E-state index in [0.29, 0.717) is 23.6 Å². The summed E-state index contributed by atoms with van der Waals surface area (Å²) in [6.07, 6.45) is 1.89. The molecule has 0 atom stereocenters. The van der Waals surface area contributed by atoms with Gasteiger partial charge in [-0.15, -0.1) is 0 Å². The van der Waals surface area contributed by atoms with Crippen LogP contribution in [0.1, 0.15) is 22.5 Å². The fourth-order valence-corrected chi connectivity index (χ4v) is 2.59. The molecular formula is C19H21NO6. The first-order valence-electron chi connectivity index (χ1n) is 8.01. The summed E-state index contributed by atoms with van der Waals surface area (Å²) in [6, 6.07) is 10.2. The molecule has 0 spiro atoms. The molecule has 0 amide bonds. The number of aromatic nitrogens is 1. The Bertz CT molecular complexity index is 762. The highest BCUT2D eigenvalue weighted by Crippen LogP contribution is 2.17. The number of methoxy groups -OCH3 is 3. The Hall–Kier alpha value is -3.09. The van der Waals surface area contributed by atoms with Crippen LogP contribution in [0.25, 0.3) is 0 Å². The Balaban J connectivity index is 2.15. The Labute approximate surface area is 151 Å². The number of carbonyl (C=O) groups excluding carboxylic acids is 3. The second-order valence-electron chi connectivity index (χ2n) is 5.53. The monoisotopic (exact) mass is 359 g/mol. The van der Waals surface area contributed by atoms with Gasteiger partial charge in [-0.05, 0) is 42.8 Å². The van der Waals surface area contributed by atoms with Crippen molar-refractivity contribution in [3.8, 4) is 5.75 Å². The maximum absolute atomic E-state index is 12.7. The van der Waals surface area contributed by atoms with Crippen molar-refractivity contribution in [2.45, 2.75) is 13.0 Å². The van der Waals surface area contributed by atoms with Gasteiger partial charge in [-0.25, -0.2) is 0 Å². The molecule has 0 aliphatic rings. The fourth-order valence-electron chi connectivity index (χ4n) is 2.59. The van der Waals surface area contributed by atoms with Crippen LogP contribution in [0.5, 0.6) is 5.75 Å². The summed E-state index contributed by atoms with van der Waals surface area (Å²) < 4.78 is 16.1. The van der Waals surface area contributed by atoms with Gasteiger partial charge in [-0.3, -0.25) is 14.4 Å². The molecule has 7 heteroatoms. The van der Waals surface area contributed by atoms with Gasteiger partial charge in [0.2, 0.25) is 5.78 Å². The standard InChI is InChI=1S/C19H21NO6/c1-24-14-8-6-13(7-9-14)17(21)16-5-4-11-20(16)12-10-15(18(22)25-2)19(23)26-3/h4-9,11,15H,10,12H2,1-3H3. The summed E-state index contributed by atoms with van der Waals surface area (Å²) in [7, 11) is 3.99. The van der Waals surface area contributed by atoms with Gasteiger partial charge >= 0.3 is 11.9 Å². The minimum Gasteiger partial charge on any atom is -0.497 e. The zero-order valence-corrected chi connectivity index (χ0v) is 14.9. The lowest BCUT2D eigenvalue weighted by atomic mass is 10.1. The van der Waals surface area contributed by atoms with Crippen molar-refractivity contribution in [2.75, 3.05) is 21.3 Å². The van der Waals surface area contributed by atoms with E-state index >= 15 is 0 Å². The van der Waals surface area contributed by atoms with Crippen LogP contribution in [-0.2, 0) is 25.6 Å². The molecule has 0 saturated heterocycles. The summed E-state index contributed by atoms with van der Waals surface area (Å²) in [5.74, 6) is -1.85. The van der Waals surface area contributed by atoms with Gasteiger partial charge < -0.3 is 18.8 Å². The Morgan fingerprint density at radius 2 is 1.58 bits per heavy atom. The second-order valence-corrected chi connectivity index (χ2v) is 5.53. The second kappa shape index (κ2) is 8.84. The number of ketones is 1. The average molecular weight is 359 g/mol. The number of carbonyl (C=O) groups is 3. The van der Waals surface area contributed by atoms with Crippen molar-refractivity contribution in [1.82, 2.24) is 4.57 Å². The molecular weight excluding hydrogens is 338 g/mol. The molecule has 0 aliphatic heterocycles. The molecule has 0 bridgehead atoms. The number of benzene rings is 1. The minimum absolute atomic E-state index is 0.162. The van der Waals surface area contributed by atoms with Gasteiger partial charge in [0.05, 0.1) is 27.0 Å². The number of hydrogen-bond donors (Lipinski definition) is 0. The Morgan fingerprint density at radius 1 is 0.962 bits per heavy atom. The highest BCUT2D eigenvalue weighted by atomic mass is 16.5. The fraction of sp³-hybridized carbons (Fsp3) is 0.316. The van der Waals surface area contributed by atoms with E-state index in [-0.39, 0.29) is 12.2 Å². The number of aryl methyl sites for hydroxylation is 1. The first-order chi connectivity index (χ1) is 12.5. The summed E-state index contributed by atoms with van der Waals surface area (Å²) in [5.41, 5.74) is 0.979. The molecule has 0 saturated carbocycles. The quantitative estimate of drug-likeness (QED) is 0.408. The number of hydrogen-bond acceptors (Lipinski definition) is 6. The van der Waals surface area contributed by atoms with E-state index in [9.17, 15) is 14.4 Å². The van der Waals surface area contributed by atoms with E-state index in [0.717, 1.165) is 0 Å². The van der Waals surface area contributed by atoms with Crippen molar-refractivity contribution in [3.05, 3.63) is 53.9 Å². The maximum Gasteiger partial charge on any atom is 0.320 e. The number of esters is 2. The molecule has 0 fully saturated rings. The third-order valence-corrected chi connectivity index (χ3v) is 4.04. The number of nitrogens with zero attached hydrogens (tertiary/aromatic N) is 1. The van der Waals surface area contributed by atoms with Crippen LogP contribution in [-0.4, -0.2) is 43.6 Å². The van der Waals surface area contributed by atoms with E-state index < -0.39 is 17.9 Å². The van der Waals surface area contributed by atoms with Gasteiger partial charge in [0, 0.05) is 18.3 Å². The summed E-state index contributed by atoms with van der Waals surface area (Å²) >= 11 is 0. The van der Waals surface area contributed by atoms with E-state index in [4.69, 9.17) is 4.74 Å². The molecule has 2 rings (SSSR count). The number of rotatable bonds is 8. The Kier molecular flexibility index (Phi) is 6.54.